The fourth-order valence-electron chi connectivity index (χ4n) is 1.39. The van der Waals surface area contributed by atoms with Crippen molar-refractivity contribution in [3.8, 4) is 12.3 Å². The highest BCUT2D eigenvalue weighted by atomic mass is 19.4. The predicted octanol–water partition coefficient (Wildman–Crippen LogP) is 2.94. The van der Waals surface area contributed by atoms with Crippen molar-refractivity contribution in [2.24, 2.45) is 0 Å². The van der Waals surface area contributed by atoms with Gasteiger partial charge in [-0.15, -0.1) is 6.42 Å². The van der Waals surface area contributed by atoms with Gasteiger partial charge in [0.2, 0.25) is 0 Å². The molecule has 0 spiro atoms. The summed E-state index contributed by atoms with van der Waals surface area (Å²) in [7, 11) is 0. The van der Waals surface area contributed by atoms with Gasteiger partial charge in [-0.25, -0.2) is 4.39 Å². The summed E-state index contributed by atoms with van der Waals surface area (Å²) in [5.74, 6) is 0.214. The molecule has 0 aliphatic carbocycles. The van der Waals surface area contributed by atoms with Crippen LogP contribution in [0.2, 0.25) is 0 Å². The summed E-state index contributed by atoms with van der Waals surface area (Å²) in [5, 5.41) is 9.31. The highest BCUT2D eigenvalue weighted by molar-refractivity contribution is 5.30. The van der Waals surface area contributed by atoms with E-state index in [1.165, 1.54) is 6.92 Å². The Morgan fingerprint density at radius 2 is 1.94 bits per heavy atom. The van der Waals surface area contributed by atoms with Crippen LogP contribution in [-0.4, -0.2) is 11.2 Å². The molecule has 1 N–H and O–H groups in total. The van der Waals surface area contributed by atoms with E-state index in [0.29, 0.717) is 6.07 Å². The molecule has 1 nitrogen and oxygen atoms in total. The predicted molar refractivity (Wildman–Crippen MR) is 54.7 cm³/mol. The molecule has 0 aliphatic heterocycles. The average molecular weight is 246 g/mol. The first kappa shape index (κ1) is 13.5. The lowest BCUT2D eigenvalue weighted by molar-refractivity contribution is -0.137. The van der Waals surface area contributed by atoms with E-state index in [-0.39, 0.29) is 5.56 Å². The van der Waals surface area contributed by atoms with Crippen molar-refractivity contribution in [3.05, 3.63) is 35.1 Å². The summed E-state index contributed by atoms with van der Waals surface area (Å²) in [4.78, 5) is 0. The van der Waals surface area contributed by atoms with E-state index in [9.17, 15) is 22.7 Å². The van der Waals surface area contributed by atoms with Gasteiger partial charge in [0.25, 0.3) is 0 Å². The van der Waals surface area contributed by atoms with Crippen molar-refractivity contribution in [2.45, 2.75) is 25.1 Å². The minimum atomic E-state index is -4.59. The Hall–Kier alpha value is -1.54. The zero-order valence-electron chi connectivity index (χ0n) is 8.92. The molecule has 5 heteroatoms. The number of benzene rings is 1. The molecule has 0 saturated heterocycles. The smallest absolute Gasteiger partial charge is 0.380 e. The quantitative estimate of drug-likeness (QED) is 0.628. The van der Waals surface area contributed by atoms with Gasteiger partial charge in [0, 0.05) is 5.92 Å². The molecular formula is C12H10F4O. The minimum absolute atomic E-state index is 0.0385. The summed E-state index contributed by atoms with van der Waals surface area (Å²) >= 11 is 0. The van der Waals surface area contributed by atoms with Gasteiger partial charge in [-0.2, -0.15) is 13.2 Å². The summed E-state index contributed by atoms with van der Waals surface area (Å²) < 4.78 is 50.3. The largest absolute Gasteiger partial charge is 0.416 e. The lowest BCUT2D eigenvalue weighted by Gasteiger charge is -2.16. The Bertz CT molecular complexity index is 445. The number of hydrogen-bond donors (Lipinski definition) is 1. The number of rotatable bonds is 2. The number of aliphatic hydroxyl groups is 1. The van der Waals surface area contributed by atoms with Gasteiger partial charge in [0.15, 0.2) is 0 Å². The van der Waals surface area contributed by atoms with Gasteiger partial charge in [-0.1, -0.05) is 18.9 Å². The average Bonchev–Trinajstić information content (AvgIpc) is 2.25. The maximum atomic E-state index is 13.4. The van der Waals surface area contributed by atoms with E-state index < -0.39 is 29.6 Å². The second kappa shape index (κ2) is 4.76. The highest BCUT2D eigenvalue weighted by Crippen LogP contribution is 2.32. The number of terminal acetylenes is 1. The van der Waals surface area contributed by atoms with Crippen LogP contribution in [0.1, 0.15) is 24.0 Å². The number of hydrogen-bond acceptors (Lipinski definition) is 1. The maximum absolute atomic E-state index is 13.4. The molecule has 0 radical (unpaired) electrons. The topological polar surface area (TPSA) is 20.2 Å². The molecule has 0 aliphatic rings. The molecular weight excluding hydrogens is 236 g/mol. The third-order valence-electron chi connectivity index (χ3n) is 2.46. The summed E-state index contributed by atoms with van der Waals surface area (Å²) in [6, 6.07) is 2.15. The Morgan fingerprint density at radius 3 is 2.35 bits per heavy atom. The van der Waals surface area contributed by atoms with E-state index >= 15 is 0 Å². The van der Waals surface area contributed by atoms with Crippen LogP contribution in [0, 0.1) is 18.2 Å². The SMILES string of the molecule is C#CC(O)C(C)c1ccc(C(F)(F)F)cc1F. The Kier molecular flexibility index (Phi) is 3.79. The second-order valence-electron chi connectivity index (χ2n) is 3.63. The second-order valence-corrected chi connectivity index (χ2v) is 3.63. The molecule has 0 fully saturated rings. The van der Waals surface area contributed by atoms with E-state index in [1.54, 1.807) is 0 Å². The normalized spacial score (nSPS) is 15.1. The Morgan fingerprint density at radius 1 is 1.35 bits per heavy atom. The highest BCUT2D eigenvalue weighted by Gasteiger charge is 2.31. The monoisotopic (exact) mass is 246 g/mol. The van der Waals surface area contributed by atoms with Gasteiger partial charge in [-0.3, -0.25) is 0 Å². The van der Waals surface area contributed by atoms with Crippen LogP contribution in [0.3, 0.4) is 0 Å². The molecule has 92 valence electrons. The molecule has 17 heavy (non-hydrogen) atoms. The van der Waals surface area contributed by atoms with Crippen LogP contribution in [0.5, 0.6) is 0 Å². The van der Waals surface area contributed by atoms with E-state index in [0.717, 1.165) is 12.1 Å². The van der Waals surface area contributed by atoms with Crippen molar-refractivity contribution in [3.63, 3.8) is 0 Å². The Balaban J connectivity index is 3.11. The summed E-state index contributed by atoms with van der Waals surface area (Å²) in [5.41, 5.74) is -1.11. The van der Waals surface area contributed by atoms with Crippen LogP contribution in [0.15, 0.2) is 18.2 Å². The first-order valence-corrected chi connectivity index (χ1v) is 4.78. The molecule has 1 aromatic rings. The van der Waals surface area contributed by atoms with Gasteiger partial charge >= 0.3 is 6.18 Å². The molecule has 1 rings (SSSR count). The molecule has 0 heterocycles. The van der Waals surface area contributed by atoms with E-state index in [4.69, 9.17) is 6.42 Å². The van der Waals surface area contributed by atoms with Gasteiger partial charge in [0.1, 0.15) is 11.9 Å². The van der Waals surface area contributed by atoms with Gasteiger partial charge in [0.05, 0.1) is 5.56 Å². The molecule has 2 atom stereocenters. The standard InChI is InChI=1S/C12H10F4O/c1-3-11(17)7(2)9-5-4-8(6-10(9)13)12(14,15)16/h1,4-7,11,17H,2H3. The van der Waals surface area contributed by atoms with Crippen LogP contribution in [0.25, 0.3) is 0 Å². The number of halogens is 4. The molecule has 0 amide bonds. The Labute approximate surface area is 96.1 Å². The van der Waals surface area contributed by atoms with Crippen LogP contribution in [0.4, 0.5) is 17.6 Å². The molecule has 2 unspecified atom stereocenters. The third kappa shape index (κ3) is 2.98. The van der Waals surface area contributed by atoms with Crippen molar-refractivity contribution in [1.82, 2.24) is 0 Å². The fourth-order valence-corrected chi connectivity index (χ4v) is 1.39. The van der Waals surface area contributed by atoms with Crippen LogP contribution < -0.4 is 0 Å². The maximum Gasteiger partial charge on any atom is 0.416 e. The fraction of sp³-hybridized carbons (Fsp3) is 0.333. The molecule has 0 saturated carbocycles. The molecule has 1 aromatic carbocycles. The minimum Gasteiger partial charge on any atom is -0.380 e. The zero-order chi connectivity index (χ0) is 13.2. The van der Waals surface area contributed by atoms with Crippen molar-refractivity contribution in [2.75, 3.05) is 0 Å². The molecule has 0 aromatic heterocycles. The van der Waals surface area contributed by atoms with Crippen LogP contribution in [-0.2, 0) is 6.18 Å². The number of aliphatic hydroxyl groups excluding tert-OH is 1. The summed E-state index contributed by atoms with van der Waals surface area (Å²) in [6.45, 7) is 1.44. The van der Waals surface area contributed by atoms with E-state index in [1.807, 2.05) is 5.92 Å². The van der Waals surface area contributed by atoms with Crippen molar-refractivity contribution < 1.29 is 22.7 Å². The van der Waals surface area contributed by atoms with E-state index in [2.05, 4.69) is 0 Å². The van der Waals surface area contributed by atoms with Crippen molar-refractivity contribution in [1.29, 1.82) is 0 Å². The molecule has 0 bridgehead atoms. The van der Waals surface area contributed by atoms with Crippen molar-refractivity contribution >= 4 is 0 Å². The first-order valence-electron chi connectivity index (χ1n) is 4.78. The third-order valence-corrected chi connectivity index (χ3v) is 2.46. The van der Waals surface area contributed by atoms with Gasteiger partial charge < -0.3 is 5.11 Å². The summed E-state index contributed by atoms with van der Waals surface area (Å²) in [6.07, 6.45) is -0.868. The van der Waals surface area contributed by atoms with Gasteiger partial charge in [-0.05, 0) is 17.7 Å². The zero-order valence-corrected chi connectivity index (χ0v) is 8.92. The lowest BCUT2D eigenvalue weighted by atomic mass is 9.94. The first-order chi connectivity index (χ1) is 7.77. The number of alkyl halides is 3. The lowest BCUT2D eigenvalue weighted by Crippen LogP contribution is -2.15. The van der Waals surface area contributed by atoms with Crippen LogP contribution >= 0.6 is 0 Å².